The average Bonchev–Trinajstić information content (AvgIpc) is 2.66. The molecule has 2 rings (SSSR count). The van der Waals surface area contributed by atoms with Crippen LogP contribution in [-0.4, -0.2) is 6.29 Å². The summed E-state index contributed by atoms with van der Waals surface area (Å²) in [6.07, 6.45) is 0.784. The van der Waals surface area contributed by atoms with Crippen LogP contribution in [0, 0.1) is 6.92 Å². The second-order valence-corrected chi connectivity index (χ2v) is 4.66. The number of hydrogen-bond donors (Lipinski definition) is 0. The Morgan fingerprint density at radius 2 is 2.13 bits per heavy atom. The molecule has 1 aromatic carbocycles. The molecule has 0 amide bonds. The van der Waals surface area contributed by atoms with Gasteiger partial charge in [0.2, 0.25) is 0 Å². The third-order valence-electron chi connectivity index (χ3n) is 2.14. The van der Waals surface area contributed by atoms with Gasteiger partial charge in [0.15, 0.2) is 6.29 Å². The molecule has 0 spiro atoms. The van der Waals surface area contributed by atoms with Gasteiger partial charge in [0.25, 0.3) is 0 Å². The summed E-state index contributed by atoms with van der Waals surface area (Å²) in [4.78, 5) is 11.9. The highest BCUT2D eigenvalue weighted by molar-refractivity contribution is 7.13. The van der Waals surface area contributed by atoms with Crippen LogP contribution in [0.5, 0.6) is 0 Å². The molecular weight excluding hydrogens is 228 g/mol. The van der Waals surface area contributed by atoms with Crippen LogP contribution >= 0.6 is 22.9 Å². The summed E-state index contributed by atoms with van der Waals surface area (Å²) in [6, 6.07) is 7.61. The summed E-state index contributed by atoms with van der Waals surface area (Å²) in [5.74, 6) is 0. The van der Waals surface area contributed by atoms with Crippen LogP contribution in [0.25, 0.3) is 10.4 Å². The molecule has 0 aliphatic carbocycles. The lowest BCUT2D eigenvalue weighted by atomic mass is 10.1. The number of aryl methyl sites for hydroxylation is 1. The van der Waals surface area contributed by atoms with Crippen molar-refractivity contribution in [1.29, 1.82) is 0 Å². The highest BCUT2D eigenvalue weighted by Gasteiger charge is 2.04. The summed E-state index contributed by atoms with van der Waals surface area (Å²) < 4.78 is 0. The van der Waals surface area contributed by atoms with Gasteiger partial charge < -0.3 is 0 Å². The number of hydrogen-bond acceptors (Lipinski definition) is 2. The lowest BCUT2D eigenvalue weighted by molar-refractivity contribution is 0.112. The maximum absolute atomic E-state index is 10.7. The van der Waals surface area contributed by atoms with Crippen molar-refractivity contribution >= 4 is 29.2 Å². The standard InChI is InChI=1S/C12H9ClOS/c1-8-4-12(15-7-8)9-2-3-11(13)10(5-9)6-14/h2-7H,1H3. The smallest absolute Gasteiger partial charge is 0.151 e. The zero-order valence-electron chi connectivity index (χ0n) is 8.16. The largest absolute Gasteiger partial charge is 0.298 e. The van der Waals surface area contributed by atoms with Crippen LogP contribution in [0.4, 0.5) is 0 Å². The fourth-order valence-corrected chi connectivity index (χ4v) is 2.43. The molecule has 0 aliphatic rings. The van der Waals surface area contributed by atoms with Crippen molar-refractivity contribution in [3.63, 3.8) is 0 Å². The number of carbonyl (C=O) groups is 1. The predicted octanol–water partition coefficient (Wildman–Crippen LogP) is 4.19. The minimum atomic E-state index is 0.502. The predicted molar refractivity (Wildman–Crippen MR) is 64.9 cm³/mol. The van der Waals surface area contributed by atoms with E-state index in [0.29, 0.717) is 10.6 Å². The van der Waals surface area contributed by atoms with Gasteiger partial charge in [-0.05, 0) is 41.6 Å². The van der Waals surface area contributed by atoms with Crippen LogP contribution in [0.15, 0.2) is 29.6 Å². The maximum atomic E-state index is 10.7. The molecule has 0 N–H and O–H groups in total. The van der Waals surface area contributed by atoms with Crippen molar-refractivity contribution in [3.05, 3.63) is 45.8 Å². The van der Waals surface area contributed by atoms with Crippen LogP contribution in [0.3, 0.4) is 0 Å². The van der Waals surface area contributed by atoms with Gasteiger partial charge in [-0.15, -0.1) is 11.3 Å². The van der Waals surface area contributed by atoms with Gasteiger partial charge in [-0.1, -0.05) is 17.7 Å². The molecule has 1 nitrogen and oxygen atoms in total. The first-order chi connectivity index (χ1) is 7.20. The Bertz CT molecular complexity index is 502. The first-order valence-corrected chi connectivity index (χ1v) is 5.76. The number of benzene rings is 1. The maximum Gasteiger partial charge on any atom is 0.151 e. The van der Waals surface area contributed by atoms with Gasteiger partial charge in [-0.3, -0.25) is 4.79 Å². The monoisotopic (exact) mass is 236 g/mol. The number of carbonyl (C=O) groups excluding carboxylic acids is 1. The minimum Gasteiger partial charge on any atom is -0.298 e. The highest BCUT2D eigenvalue weighted by Crippen LogP contribution is 2.29. The summed E-state index contributed by atoms with van der Waals surface area (Å²) in [7, 11) is 0. The molecule has 0 saturated carbocycles. The number of thiophene rings is 1. The lowest BCUT2D eigenvalue weighted by Gasteiger charge is -2.00. The molecule has 76 valence electrons. The van der Waals surface area contributed by atoms with Crippen LogP contribution in [-0.2, 0) is 0 Å². The summed E-state index contributed by atoms with van der Waals surface area (Å²) in [5.41, 5.74) is 2.82. The van der Waals surface area contributed by atoms with Crippen molar-refractivity contribution in [2.75, 3.05) is 0 Å². The SMILES string of the molecule is Cc1csc(-c2ccc(Cl)c(C=O)c2)c1. The molecule has 1 heterocycles. The third kappa shape index (κ3) is 2.11. The molecule has 2 aromatic rings. The zero-order chi connectivity index (χ0) is 10.8. The first-order valence-electron chi connectivity index (χ1n) is 4.51. The Morgan fingerprint density at radius 1 is 1.33 bits per heavy atom. The Kier molecular flexibility index (Phi) is 2.89. The van der Waals surface area contributed by atoms with Crippen LogP contribution in [0.1, 0.15) is 15.9 Å². The molecule has 0 atom stereocenters. The molecule has 0 unspecified atom stereocenters. The Balaban J connectivity index is 2.50. The molecule has 3 heteroatoms. The molecule has 0 saturated heterocycles. The second-order valence-electron chi connectivity index (χ2n) is 3.34. The van der Waals surface area contributed by atoms with E-state index in [0.717, 1.165) is 16.7 Å². The molecule has 15 heavy (non-hydrogen) atoms. The van der Waals surface area contributed by atoms with E-state index >= 15 is 0 Å². The number of halogens is 1. The quantitative estimate of drug-likeness (QED) is 0.715. The van der Waals surface area contributed by atoms with E-state index in [4.69, 9.17) is 11.6 Å². The van der Waals surface area contributed by atoms with E-state index in [1.807, 2.05) is 12.1 Å². The van der Waals surface area contributed by atoms with Gasteiger partial charge in [0, 0.05) is 10.4 Å². The van der Waals surface area contributed by atoms with E-state index < -0.39 is 0 Å². The topological polar surface area (TPSA) is 17.1 Å². The molecule has 1 aromatic heterocycles. The van der Waals surface area contributed by atoms with E-state index in [9.17, 15) is 4.79 Å². The van der Waals surface area contributed by atoms with Gasteiger partial charge in [-0.25, -0.2) is 0 Å². The van der Waals surface area contributed by atoms with Crippen LogP contribution < -0.4 is 0 Å². The fourth-order valence-electron chi connectivity index (χ4n) is 1.37. The van der Waals surface area contributed by atoms with Gasteiger partial charge in [-0.2, -0.15) is 0 Å². The van der Waals surface area contributed by atoms with Crippen molar-refractivity contribution in [3.8, 4) is 10.4 Å². The first kappa shape index (κ1) is 10.4. The number of rotatable bonds is 2. The van der Waals surface area contributed by atoms with Crippen molar-refractivity contribution in [2.24, 2.45) is 0 Å². The second kappa shape index (κ2) is 4.17. The lowest BCUT2D eigenvalue weighted by Crippen LogP contribution is -1.82. The van der Waals surface area contributed by atoms with E-state index in [2.05, 4.69) is 18.4 Å². The summed E-state index contributed by atoms with van der Waals surface area (Å²) >= 11 is 7.53. The molecular formula is C12H9ClOS. The highest BCUT2D eigenvalue weighted by atomic mass is 35.5. The van der Waals surface area contributed by atoms with E-state index in [1.54, 1.807) is 17.4 Å². The van der Waals surface area contributed by atoms with Gasteiger partial charge in [0.1, 0.15) is 0 Å². The molecule has 0 bridgehead atoms. The molecule has 0 aliphatic heterocycles. The van der Waals surface area contributed by atoms with E-state index in [-0.39, 0.29) is 0 Å². The van der Waals surface area contributed by atoms with Crippen molar-refractivity contribution in [1.82, 2.24) is 0 Å². The fraction of sp³-hybridized carbons (Fsp3) is 0.0833. The summed E-state index contributed by atoms with van der Waals surface area (Å²) in [6.45, 7) is 2.05. The summed E-state index contributed by atoms with van der Waals surface area (Å²) in [5, 5.41) is 2.59. The minimum absolute atomic E-state index is 0.502. The molecule has 0 radical (unpaired) electrons. The Morgan fingerprint density at radius 3 is 2.73 bits per heavy atom. The normalized spacial score (nSPS) is 10.3. The Hall–Kier alpha value is -1.12. The van der Waals surface area contributed by atoms with Gasteiger partial charge >= 0.3 is 0 Å². The Labute approximate surface area is 97.3 Å². The van der Waals surface area contributed by atoms with Crippen LogP contribution in [0.2, 0.25) is 5.02 Å². The van der Waals surface area contributed by atoms with E-state index in [1.165, 1.54) is 5.56 Å². The molecule has 0 fully saturated rings. The zero-order valence-corrected chi connectivity index (χ0v) is 9.73. The number of aldehydes is 1. The van der Waals surface area contributed by atoms with Gasteiger partial charge in [0.05, 0.1) is 5.02 Å². The average molecular weight is 237 g/mol. The third-order valence-corrected chi connectivity index (χ3v) is 3.58. The van der Waals surface area contributed by atoms with Crippen molar-refractivity contribution in [2.45, 2.75) is 6.92 Å². The van der Waals surface area contributed by atoms with Crippen molar-refractivity contribution < 1.29 is 4.79 Å².